The largest absolute Gasteiger partial charge is 0.367 e. The summed E-state index contributed by atoms with van der Waals surface area (Å²) in [6.07, 6.45) is 6.83. The summed E-state index contributed by atoms with van der Waals surface area (Å²) >= 11 is 0. The van der Waals surface area contributed by atoms with Crippen LogP contribution in [0.3, 0.4) is 0 Å². The number of H-pyrrole nitrogens is 1. The summed E-state index contributed by atoms with van der Waals surface area (Å²) in [6.45, 7) is 7.11. The Labute approximate surface area is 92.3 Å². The summed E-state index contributed by atoms with van der Waals surface area (Å²) in [5, 5.41) is 2.83. The minimum absolute atomic E-state index is 0.00435. The Bertz CT molecular complexity index is 242. The number of aromatic amines is 1. The summed E-state index contributed by atoms with van der Waals surface area (Å²) in [6, 6.07) is 1.77. The van der Waals surface area contributed by atoms with Crippen LogP contribution in [0.5, 0.6) is 0 Å². The molecule has 3 nitrogen and oxygen atoms in total. The van der Waals surface area contributed by atoms with Gasteiger partial charge in [-0.05, 0) is 12.5 Å². The fourth-order valence-electron chi connectivity index (χ4n) is 0.946. The third kappa shape index (κ3) is 6.77. The molecule has 0 aliphatic carbocycles. The van der Waals surface area contributed by atoms with Gasteiger partial charge in [0.05, 0.1) is 5.56 Å². The molecule has 2 N–H and O–H groups in total. The van der Waals surface area contributed by atoms with E-state index in [1.54, 1.807) is 18.5 Å². The Balaban J connectivity index is 0.000000583. The Morgan fingerprint density at radius 3 is 2.53 bits per heavy atom. The van der Waals surface area contributed by atoms with E-state index in [0.29, 0.717) is 5.56 Å². The molecule has 0 saturated heterocycles. The Morgan fingerprint density at radius 2 is 2.07 bits per heavy atom. The van der Waals surface area contributed by atoms with Crippen LogP contribution >= 0.6 is 0 Å². The SMILES string of the molecule is CCC.CCCCNC(=O)c1cc[nH]c1. The monoisotopic (exact) mass is 210 g/mol. The molecule has 0 fully saturated rings. The number of hydrogen-bond acceptors (Lipinski definition) is 1. The molecule has 0 aliphatic heterocycles. The summed E-state index contributed by atoms with van der Waals surface area (Å²) in [4.78, 5) is 14.1. The van der Waals surface area contributed by atoms with Crippen LogP contribution in [-0.2, 0) is 0 Å². The fourth-order valence-corrected chi connectivity index (χ4v) is 0.946. The molecule has 15 heavy (non-hydrogen) atoms. The lowest BCUT2D eigenvalue weighted by atomic mass is 10.3. The normalized spacial score (nSPS) is 9.00. The minimum atomic E-state index is 0.00435. The topological polar surface area (TPSA) is 44.9 Å². The molecule has 0 aliphatic rings. The van der Waals surface area contributed by atoms with Crippen molar-refractivity contribution in [2.75, 3.05) is 6.54 Å². The van der Waals surface area contributed by atoms with Crippen molar-refractivity contribution < 1.29 is 4.79 Å². The number of unbranched alkanes of at least 4 members (excludes halogenated alkanes) is 1. The van der Waals surface area contributed by atoms with E-state index in [1.807, 2.05) is 0 Å². The molecule has 0 aromatic carbocycles. The van der Waals surface area contributed by atoms with E-state index < -0.39 is 0 Å². The van der Waals surface area contributed by atoms with Crippen molar-refractivity contribution in [3.8, 4) is 0 Å². The van der Waals surface area contributed by atoms with Crippen molar-refractivity contribution in [1.82, 2.24) is 10.3 Å². The molecule has 1 aromatic rings. The van der Waals surface area contributed by atoms with Gasteiger partial charge < -0.3 is 10.3 Å². The van der Waals surface area contributed by atoms with Crippen molar-refractivity contribution in [3.05, 3.63) is 24.0 Å². The van der Waals surface area contributed by atoms with E-state index in [9.17, 15) is 4.79 Å². The highest BCUT2D eigenvalue weighted by atomic mass is 16.1. The fraction of sp³-hybridized carbons (Fsp3) is 0.583. The average Bonchev–Trinajstić information content (AvgIpc) is 2.72. The number of carbonyl (C=O) groups is 1. The number of aromatic nitrogens is 1. The summed E-state index contributed by atoms with van der Waals surface area (Å²) in [5.74, 6) is 0.00435. The molecular weight excluding hydrogens is 188 g/mol. The quantitative estimate of drug-likeness (QED) is 0.737. The molecule has 1 amide bonds. The van der Waals surface area contributed by atoms with Crippen LogP contribution in [0.4, 0.5) is 0 Å². The van der Waals surface area contributed by atoms with Gasteiger partial charge in [0.15, 0.2) is 0 Å². The Morgan fingerprint density at radius 1 is 1.40 bits per heavy atom. The number of nitrogens with one attached hydrogen (secondary N) is 2. The van der Waals surface area contributed by atoms with Gasteiger partial charge in [-0.25, -0.2) is 0 Å². The molecular formula is C12H22N2O. The molecule has 0 saturated carbocycles. The Hall–Kier alpha value is -1.25. The summed E-state index contributed by atoms with van der Waals surface area (Å²) in [5.41, 5.74) is 0.700. The van der Waals surface area contributed by atoms with E-state index in [-0.39, 0.29) is 5.91 Å². The van der Waals surface area contributed by atoms with E-state index in [1.165, 1.54) is 6.42 Å². The van der Waals surface area contributed by atoms with Gasteiger partial charge in [-0.3, -0.25) is 4.79 Å². The predicted octanol–water partition coefficient (Wildman–Crippen LogP) is 2.96. The highest BCUT2D eigenvalue weighted by Gasteiger charge is 2.02. The first kappa shape index (κ1) is 13.8. The molecule has 1 rings (SSSR count). The number of amides is 1. The molecule has 0 radical (unpaired) electrons. The lowest BCUT2D eigenvalue weighted by molar-refractivity contribution is 0.0953. The van der Waals surface area contributed by atoms with Crippen LogP contribution in [0.2, 0.25) is 0 Å². The second-order valence-electron chi connectivity index (χ2n) is 3.42. The van der Waals surface area contributed by atoms with Crippen molar-refractivity contribution in [2.24, 2.45) is 0 Å². The maximum Gasteiger partial charge on any atom is 0.252 e. The van der Waals surface area contributed by atoms with Gasteiger partial charge in [0.2, 0.25) is 0 Å². The molecule has 0 spiro atoms. The van der Waals surface area contributed by atoms with Gasteiger partial charge >= 0.3 is 0 Å². The maximum atomic E-state index is 11.2. The van der Waals surface area contributed by atoms with Crippen LogP contribution in [0, 0.1) is 0 Å². The molecule has 1 heterocycles. The van der Waals surface area contributed by atoms with Crippen molar-refractivity contribution in [3.63, 3.8) is 0 Å². The van der Waals surface area contributed by atoms with Crippen LogP contribution in [0.15, 0.2) is 18.5 Å². The lowest BCUT2D eigenvalue weighted by Crippen LogP contribution is -2.23. The first-order valence-electron chi connectivity index (χ1n) is 5.67. The molecule has 1 aromatic heterocycles. The second kappa shape index (κ2) is 9.31. The number of rotatable bonds is 4. The first-order chi connectivity index (χ1) is 7.26. The highest BCUT2D eigenvalue weighted by Crippen LogP contribution is 1.95. The van der Waals surface area contributed by atoms with Crippen LogP contribution < -0.4 is 5.32 Å². The van der Waals surface area contributed by atoms with E-state index >= 15 is 0 Å². The smallest absolute Gasteiger partial charge is 0.252 e. The van der Waals surface area contributed by atoms with Gasteiger partial charge in [-0.2, -0.15) is 0 Å². The zero-order valence-corrected chi connectivity index (χ0v) is 9.97. The molecule has 0 unspecified atom stereocenters. The number of hydrogen-bond donors (Lipinski definition) is 2. The molecule has 0 atom stereocenters. The molecule has 0 bridgehead atoms. The van der Waals surface area contributed by atoms with E-state index in [0.717, 1.165) is 19.4 Å². The van der Waals surface area contributed by atoms with E-state index in [4.69, 9.17) is 0 Å². The second-order valence-corrected chi connectivity index (χ2v) is 3.42. The van der Waals surface area contributed by atoms with Crippen LogP contribution in [0.1, 0.15) is 50.4 Å². The predicted molar refractivity (Wildman–Crippen MR) is 64.0 cm³/mol. The van der Waals surface area contributed by atoms with Crippen molar-refractivity contribution >= 4 is 5.91 Å². The third-order valence-corrected chi connectivity index (χ3v) is 1.68. The molecule has 3 heteroatoms. The van der Waals surface area contributed by atoms with Gasteiger partial charge in [0.25, 0.3) is 5.91 Å². The van der Waals surface area contributed by atoms with Crippen molar-refractivity contribution in [2.45, 2.75) is 40.0 Å². The zero-order chi connectivity index (χ0) is 11.5. The standard InChI is InChI=1S/C9H14N2O.C3H8/c1-2-3-5-11-9(12)8-4-6-10-7-8;1-3-2/h4,6-7,10H,2-3,5H2,1H3,(H,11,12);3H2,1-2H3. The average molecular weight is 210 g/mol. The summed E-state index contributed by atoms with van der Waals surface area (Å²) < 4.78 is 0. The van der Waals surface area contributed by atoms with Gasteiger partial charge in [-0.1, -0.05) is 33.6 Å². The summed E-state index contributed by atoms with van der Waals surface area (Å²) in [7, 11) is 0. The van der Waals surface area contributed by atoms with Gasteiger partial charge in [-0.15, -0.1) is 0 Å². The van der Waals surface area contributed by atoms with Gasteiger partial charge in [0, 0.05) is 18.9 Å². The Kier molecular flexibility index (Phi) is 8.53. The first-order valence-corrected chi connectivity index (χ1v) is 5.67. The lowest BCUT2D eigenvalue weighted by Gasteiger charge is -2.00. The molecule has 86 valence electrons. The minimum Gasteiger partial charge on any atom is -0.367 e. The number of carbonyl (C=O) groups excluding carboxylic acids is 1. The van der Waals surface area contributed by atoms with E-state index in [2.05, 4.69) is 31.1 Å². The van der Waals surface area contributed by atoms with Crippen LogP contribution in [0.25, 0.3) is 0 Å². The highest BCUT2D eigenvalue weighted by molar-refractivity contribution is 5.93. The maximum absolute atomic E-state index is 11.2. The van der Waals surface area contributed by atoms with Crippen molar-refractivity contribution in [1.29, 1.82) is 0 Å². The zero-order valence-electron chi connectivity index (χ0n) is 9.97. The third-order valence-electron chi connectivity index (χ3n) is 1.68. The van der Waals surface area contributed by atoms with Crippen LogP contribution in [-0.4, -0.2) is 17.4 Å². The van der Waals surface area contributed by atoms with Gasteiger partial charge in [0.1, 0.15) is 0 Å².